The molecule has 1 aromatic carbocycles. The minimum Gasteiger partial charge on any atom is -0.465 e. The Balaban J connectivity index is 1.46. The van der Waals surface area contributed by atoms with Crippen LogP contribution in [-0.4, -0.2) is 37.6 Å². The number of aryl methyl sites for hydroxylation is 1. The molecule has 0 bridgehead atoms. The largest absolute Gasteiger partial charge is 0.465 e. The van der Waals surface area contributed by atoms with Gasteiger partial charge in [-0.2, -0.15) is 5.10 Å². The molecule has 0 saturated carbocycles. The Labute approximate surface area is 195 Å². The van der Waals surface area contributed by atoms with Gasteiger partial charge in [0.15, 0.2) is 11.0 Å². The average Bonchev–Trinajstić information content (AvgIpc) is 3.49. The smallest absolute Gasteiger partial charge is 0.250 e. The van der Waals surface area contributed by atoms with Gasteiger partial charge in [0.05, 0.1) is 18.2 Å². The van der Waals surface area contributed by atoms with E-state index in [4.69, 9.17) is 4.42 Å². The predicted octanol–water partition coefficient (Wildman–Crippen LogP) is 4.53. The van der Waals surface area contributed by atoms with Crippen LogP contribution in [0, 0.1) is 6.92 Å². The Morgan fingerprint density at radius 1 is 1.15 bits per heavy atom. The van der Waals surface area contributed by atoms with E-state index in [1.54, 1.807) is 24.9 Å². The summed E-state index contributed by atoms with van der Waals surface area (Å²) in [7, 11) is 0. The van der Waals surface area contributed by atoms with Gasteiger partial charge in [0.1, 0.15) is 5.76 Å². The first-order valence-corrected chi connectivity index (χ1v) is 11.2. The lowest BCUT2D eigenvalue weighted by Crippen LogP contribution is -2.20. The molecule has 0 atom stereocenters. The molecule has 0 fully saturated rings. The van der Waals surface area contributed by atoms with Crippen molar-refractivity contribution in [3.63, 3.8) is 0 Å². The third-order valence-corrected chi connectivity index (χ3v) is 5.50. The third kappa shape index (κ3) is 5.83. The van der Waals surface area contributed by atoms with E-state index in [-0.39, 0.29) is 11.7 Å². The molecule has 3 aromatic heterocycles. The lowest BCUT2D eigenvalue weighted by atomic mass is 10.2. The topological polar surface area (TPSA) is 98.2 Å². The zero-order chi connectivity index (χ0) is 23.0. The number of hydrogen-bond acceptors (Lipinski definition) is 7. The van der Waals surface area contributed by atoms with E-state index in [0.29, 0.717) is 11.0 Å². The van der Waals surface area contributed by atoms with Crippen LogP contribution in [0.15, 0.2) is 87.4 Å². The average molecular weight is 459 g/mol. The summed E-state index contributed by atoms with van der Waals surface area (Å²) in [6.07, 6.45) is 8.43. The molecule has 0 radical (unpaired) electrons. The molecule has 0 unspecified atom stereocenters. The van der Waals surface area contributed by atoms with Gasteiger partial charge in [-0.1, -0.05) is 29.5 Å². The highest BCUT2D eigenvalue weighted by atomic mass is 32.2. The number of pyridine rings is 1. The van der Waals surface area contributed by atoms with Crippen molar-refractivity contribution in [2.75, 3.05) is 5.75 Å². The minimum atomic E-state index is -0.244. The first kappa shape index (κ1) is 22.2. The van der Waals surface area contributed by atoms with Gasteiger partial charge in [-0.15, -0.1) is 10.2 Å². The SMILES string of the molecule is CC(/C=N/NC(=O)CSc1nnc(-c2ccncc2)n1-c1ccc(C)cc1)=C\c1ccco1. The zero-order valence-electron chi connectivity index (χ0n) is 18.2. The Kier molecular flexibility index (Phi) is 7.11. The Morgan fingerprint density at radius 2 is 1.94 bits per heavy atom. The fourth-order valence-corrected chi connectivity index (χ4v) is 3.73. The van der Waals surface area contributed by atoms with Crippen LogP contribution >= 0.6 is 11.8 Å². The van der Waals surface area contributed by atoms with Crippen molar-refractivity contribution in [3.8, 4) is 17.1 Å². The fraction of sp³-hybridized carbons (Fsp3) is 0.125. The van der Waals surface area contributed by atoms with Crippen molar-refractivity contribution in [1.29, 1.82) is 0 Å². The number of rotatable bonds is 8. The number of thioether (sulfide) groups is 1. The molecule has 166 valence electrons. The maximum absolute atomic E-state index is 12.3. The number of allylic oxidation sites excluding steroid dienone is 1. The molecule has 1 N–H and O–H groups in total. The monoisotopic (exact) mass is 458 g/mol. The molecular formula is C24H22N6O2S. The molecule has 0 aliphatic heterocycles. The highest BCUT2D eigenvalue weighted by molar-refractivity contribution is 7.99. The van der Waals surface area contributed by atoms with E-state index in [9.17, 15) is 4.79 Å². The molecule has 4 aromatic rings. The van der Waals surface area contributed by atoms with Crippen LogP contribution in [0.4, 0.5) is 0 Å². The molecule has 0 saturated heterocycles. The summed E-state index contributed by atoms with van der Waals surface area (Å²) in [5.74, 6) is 1.30. The number of carbonyl (C=O) groups is 1. The van der Waals surface area contributed by atoms with E-state index in [0.717, 1.165) is 28.1 Å². The van der Waals surface area contributed by atoms with Crippen LogP contribution < -0.4 is 5.43 Å². The molecule has 0 aliphatic rings. The van der Waals surface area contributed by atoms with E-state index >= 15 is 0 Å². The first-order chi connectivity index (χ1) is 16.1. The lowest BCUT2D eigenvalue weighted by Gasteiger charge is -2.10. The van der Waals surface area contributed by atoms with Gasteiger partial charge < -0.3 is 4.42 Å². The predicted molar refractivity (Wildman–Crippen MR) is 129 cm³/mol. The van der Waals surface area contributed by atoms with Gasteiger partial charge in [-0.3, -0.25) is 14.3 Å². The zero-order valence-corrected chi connectivity index (χ0v) is 19.0. The first-order valence-electron chi connectivity index (χ1n) is 10.2. The van der Waals surface area contributed by atoms with Crippen molar-refractivity contribution in [2.24, 2.45) is 5.10 Å². The fourth-order valence-electron chi connectivity index (χ4n) is 2.98. The highest BCUT2D eigenvalue weighted by Crippen LogP contribution is 2.27. The van der Waals surface area contributed by atoms with E-state index in [1.165, 1.54) is 11.8 Å². The number of amides is 1. The Morgan fingerprint density at radius 3 is 2.67 bits per heavy atom. The van der Waals surface area contributed by atoms with Crippen molar-refractivity contribution in [1.82, 2.24) is 25.2 Å². The number of nitrogens with zero attached hydrogens (tertiary/aromatic N) is 5. The van der Waals surface area contributed by atoms with Crippen LogP contribution in [0.3, 0.4) is 0 Å². The number of benzene rings is 1. The summed E-state index contributed by atoms with van der Waals surface area (Å²) < 4.78 is 7.20. The number of carbonyl (C=O) groups excluding carboxylic acids is 1. The van der Waals surface area contributed by atoms with Crippen molar-refractivity contribution < 1.29 is 9.21 Å². The quantitative estimate of drug-likeness (QED) is 0.237. The standard InChI is InChI=1S/C24H22N6O2S/c1-17-5-7-20(8-6-17)30-23(19-9-11-25-12-10-19)28-29-24(30)33-16-22(31)27-26-15-18(2)14-21-4-3-13-32-21/h3-15H,16H2,1-2H3,(H,27,31)/b18-14+,26-15+. The van der Waals surface area contributed by atoms with Crippen molar-refractivity contribution in [2.45, 2.75) is 19.0 Å². The second kappa shape index (κ2) is 10.6. The van der Waals surface area contributed by atoms with E-state index in [1.807, 2.05) is 73.0 Å². The Hall–Kier alpha value is -3.98. The number of hydrogen-bond donors (Lipinski definition) is 1. The van der Waals surface area contributed by atoms with Crippen LogP contribution in [-0.2, 0) is 4.79 Å². The summed E-state index contributed by atoms with van der Waals surface area (Å²) >= 11 is 1.29. The number of hydrazone groups is 1. The summed E-state index contributed by atoms with van der Waals surface area (Å²) in [5, 5.41) is 13.3. The second-order valence-electron chi connectivity index (χ2n) is 7.20. The van der Waals surface area contributed by atoms with Crippen LogP contribution in [0.2, 0.25) is 0 Å². The summed E-state index contributed by atoms with van der Waals surface area (Å²) in [6.45, 7) is 3.91. The molecule has 33 heavy (non-hydrogen) atoms. The van der Waals surface area contributed by atoms with Crippen molar-refractivity contribution >= 4 is 30.0 Å². The molecular weight excluding hydrogens is 436 g/mol. The van der Waals surface area contributed by atoms with Gasteiger partial charge in [-0.05, 0) is 61.9 Å². The number of aromatic nitrogens is 4. The summed E-state index contributed by atoms with van der Waals surface area (Å²) in [4.78, 5) is 16.4. The molecule has 0 aliphatic carbocycles. The number of furan rings is 1. The molecule has 4 rings (SSSR count). The maximum Gasteiger partial charge on any atom is 0.250 e. The minimum absolute atomic E-state index is 0.138. The van der Waals surface area contributed by atoms with Crippen LogP contribution in [0.5, 0.6) is 0 Å². The van der Waals surface area contributed by atoms with Gasteiger partial charge in [-0.25, -0.2) is 5.43 Å². The van der Waals surface area contributed by atoms with E-state index < -0.39 is 0 Å². The second-order valence-corrected chi connectivity index (χ2v) is 8.14. The van der Waals surface area contributed by atoms with E-state index in [2.05, 4.69) is 25.7 Å². The van der Waals surface area contributed by atoms with Gasteiger partial charge in [0.2, 0.25) is 0 Å². The highest BCUT2D eigenvalue weighted by Gasteiger charge is 2.17. The molecule has 8 nitrogen and oxygen atoms in total. The summed E-state index contributed by atoms with van der Waals surface area (Å²) in [6, 6.07) is 15.5. The molecule has 3 heterocycles. The summed E-state index contributed by atoms with van der Waals surface area (Å²) in [5.41, 5.74) is 6.34. The Bertz CT molecular complexity index is 1260. The van der Waals surface area contributed by atoms with Gasteiger partial charge in [0, 0.05) is 23.6 Å². The maximum atomic E-state index is 12.3. The van der Waals surface area contributed by atoms with Gasteiger partial charge >= 0.3 is 0 Å². The molecule has 0 spiro atoms. The third-order valence-electron chi connectivity index (χ3n) is 4.57. The molecule has 9 heteroatoms. The molecule has 1 amide bonds. The number of nitrogens with one attached hydrogen (secondary N) is 1. The van der Waals surface area contributed by atoms with Gasteiger partial charge in [0.25, 0.3) is 5.91 Å². The van der Waals surface area contributed by atoms with Crippen molar-refractivity contribution in [3.05, 3.63) is 84.1 Å². The normalized spacial score (nSPS) is 11.8. The van der Waals surface area contributed by atoms with Crippen LogP contribution in [0.1, 0.15) is 18.2 Å². The van der Waals surface area contributed by atoms with Crippen LogP contribution in [0.25, 0.3) is 23.2 Å². The lowest BCUT2D eigenvalue weighted by molar-refractivity contribution is -0.118.